The van der Waals surface area contributed by atoms with Crippen LogP contribution < -0.4 is 4.74 Å². The van der Waals surface area contributed by atoms with E-state index in [1.165, 1.54) is 18.2 Å². The van der Waals surface area contributed by atoms with Crippen LogP contribution >= 0.6 is 11.6 Å². The van der Waals surface area contributed by atoms with Crippen LogP contribution in [0.2, 0.25) is 5.02 Å². The summed E-state index contributed by atoms with van der Waals surface area (Å²) < 4.78 is 31.6. The van der Waals surface area contributed by atoms with E-state index in [0.717, 1.165) is 18.2 Å². The monoisotopic (exact) mass is 307 g/mol. The van der Waals surface area contributed by atoms with E-state index in [1.807, 2.05) is 6.07 Å². The zero-order valence-electron chi connectivity index (χ0n) is 10.6. The maximum atomic E-state index is 13.4. The topological polar surface area (TPSA) is 50.1 Å². The zero-order chi connectivity index (χ0) is 15.4. The molecule has 0 bridgehead atoms. The van der Waals surface area contributed by atoms with Crippen LogP contribution in [0.4, 0.5) is 8.78 Å². The first-order valence-electron chi connectivity index (χ1n) is 5.82. The van der Waals surface area contributed by atoms with Crippen LogP contribution in [0.25, 0.3) is 0 Å². The Balaban J connectivity index is 2.09. The van der Waals surface area contributed by atoms with E-state index in [0.29, 0.717) is 0 Å². The largest absolute Gasteiger partial charge is 0.485 e. The Labute approximate surface area is 124 Å². The number of carbonyl (C=O) groups is 1. The Hall–Kier alpha value is -2.45. The number of rotatable bonds is 4. The smallest absolute Gasteiger partial charge is 0.203 e. The predicted octanol–water partition coefficient (Wildman–Crippen LogP) is 3.75. The summed E-state index contributed by atoms with van der Waals surface area (Å²) in [7, 11) is 0. The summed E-state index contributed by atoms with van der Waals surface area (Å²) in [5.74, 6) is -1.97. The molecular formula is C15H8ClF2NO2. The lowest BCUT2D eigenvalue weighted by Crippen LogP contribution is -2.13. The van der Waals surface area contributed by atoms with Gasteiger partial charge in [0.05, 0.1) is 16.1 Å². The molecule has 0 amide bonds. The third-order valence-electron chi connectivity index (χ3n) is 2.66. The quantitative estimate of drug-likeness (QED) is 0.808. The molecule has 0 fully saturated rings. The molecule has 106 valence electrons. The van der Waals surface area contributed by atoms with Crippen LogP contribution in [0.1, 0.15) is 15.9 Å². The highest BCUT2D eigenvalue weighted by Crippen LogP contribution is 2.22. The molecule has 0 aromatic heterocycles. The van der Waals surface area contributed by atoms with Crippen LogP contribution in [0.15, 0.2) is 36.4 Å². The van der Waals surface area contributed by atoms with Crippen molar-refractivity contribution in [2.45, 2.75) is 0 Å². The summed E-state index contributed by atoms with van der Waals surface area (Å²) in [4.78, 5) is 11.8. The second kappa shape index (κ2) is 6.33. The van der Waals surface area contributed by atoms with E-state index in [9.17, 15) is 13.6 Å². The number of nitrogens with zero attached hydrogens (tertiary/aromatic N) is 1. The van der Waals surface area contributed by atoms with Crippen molar-refractivity contribution in [3.05, 3.63) is 64.2 Å². The summed E-state index contributed by atoms with van der Waals surface area (Å²) in [6, 6.07) is 8.76. The van der Waals surface area contributed by atoms with Gasteiger partial charge < -0.3 is 4.74 Å². The van der Waals surface area contributed by atoms with Gasteiger partial charge in [-0.15, -0.1) is 0 Å². The summed E-state index contributed by atoms with van der Waals surface area (Å²) >= 11 is 5.81. The van der Waals surface area contributed by atoms with E-state index < -0.39 is 24.0 Å². The minimum atomic E-state index is -0.817. The van der Waals surface area contributed by atoms with E-state index in [-0.39, 0.29) is 21.9 Å². The Morgan fingerprint density at radius 2 is 2.00 bits per heavy atom. The van der Waals surface area contributed by atoms with Gasteiger partial charge in [-0.25, -0.2) is 8.78 Å². The molecule has 6 heteroatoms. The van der Waals surface area contributed by atoms with Gasteiger partial charge in [0.2, 0.25) is 5.78 Å². The number of ketones is 1. The predicted molar refractivity (Wildman–Crippen MR) is 72.4 cm³/mol. The normalized spacial score (nSPS) is 10.0. The molecule has 21 heavy (non-hydrogen) atoms. The lowest BCUT2D eigenvalue weighted by molar-refractivity contribution is 0.0917. The first-order chi connectivity index (χ1) is 10.0. The molecule has 0 saturated carbocycles. The highest BCUT2D eigenvalue weighted by molar-refractivity contribution is 6.31. The molecule has 0 unspecified atom stereocenters. The number of benzene rings is 2. The van der Waals surface area contributed by atoms with Crippen molar-refractivity contribution in [3.8, 4) is 11.8 Å². The zero-order valence-corrected chi connectivity index (χ0v) is 11.3. The molecule has 0 aliphatic heterocycles. The van der Waals surface area contributed by atoms with Crippen molar-refractivity contribution in [3.63, 3.8) is 0 Å². The fraction of sp³-hybridized carbons (Fsp3) is 0.0667. The third-order valence-corrected chi connectivity index (χ3v) is 2.97. The van der Waals surface area contributed by atoms with Crippen molar-refractivity contribution in [2.24, 2.45) is 0 Å². The molecule has 0 radical (unpaired) electrons. The van der Waals surface area contributed by atoms with Crippen LogP contribution in [0.3, 0.4) is 0 Å². The molecule has 2 aromatic carbocycles. The van der Waals surface area contributed by atoms with Gasteiger partial charge in [-0.1, -0.05) is 11.6 Å². The van der Waals surface area contributed by atoms with E-state index >= 15 is 0 Å². The second-order valence-corrected chi connectivity index (χ2v) is 4.50. The average molecular weight is 308 g/mol. The van der Waals surface area contributed by atoms with Gasteiger partial charge in [-0.3, -0.25) is 4.79 Å². The van der Waals surface area contributed by atoms with Gasteiger partial charge in [0, 0.05) is 6.07 Å². The lowest BCUT2D eigenvalue weighted by Gasteiger charge is -2.07. The third kappa shape index (κ3) is 3.56. The summed E-state index contributed by atoms with van der Waals surface area (Å²) in [5, 5.41) is 8.91. The number of ether oxygens (including phenoxy) is 1. The van der Waals surface area contributed by atoms with Crippen molar-refractivity contribution < 1.29 is 18.3 Å². The van der Waals surface area contributed by atoms with Crippen molar-refractivity contribution >= 4 is 17.4 Å². The second-order valence-electron chi connectivity index (χ2n) is 4.09. The maximum Gasteiger partial charge on any atom is 0.203 e. The highest BCUT2D eigenvalue weighted by Gasteiger charge is 2.14. The standard InChI is InChI=1S/C15H8ClF2NO2/c16-13-6-11(3-1-9(13)7-19)21-8-15(20)12-5-10(17)2-4-14(12)18/h1-6H,8H2. The van der Waals surface area contributed by atoms with E-state index in [4.69, 9.17) is 21.6 Å². The van der Waals surface area contributed by atoms with Crippen molar-refractivity contribution in [2.75, 3.05) is 6.61 Å². The number of hydrogen-bond acceptors (Lipinski definition) is 3. The molecule has 2 aromatic rings. The first kappa shape index (κ1) is 14.9. The highest BCUT2D eigenvalue weighted by atomic mass is 35.5. The fourth-order valence-electron chi connectivity index (χ4n) is 1.61. The summed E-state index contributed by atoms with van der Waals surface area (Å²) in [5.41, 5.74) is -0.110. The molecule has 0 N–H and O–H groups in total. The molecule has 0 aliphatic carbocycles. The van der Waals surface area contributed by atoms with Crippen molar-refractivity contribution in [1.29, 1.82) is 5.26 Å². The summed E-state index contributed by atoms with van der Waals surface area (Å²) in [6.45, 7) is -0.470. The number of halogens is 3. The van der Waals surface area contributed by atoms with Gasteiger partial charge in [0.25, 0.3) is 0 Å². The maximum absolute atomic E-state index is 13.4. The fourth-order valence-corrected chi connectivity index (χ4v) is 1.83. The van der Waals surface area contributed by atoms with Gasteiger partial charge in [-0.2, -0.15) is 5.26 Å². The Bertz CT molecular complexity index is 741. The molecule has 0 heterocycles. The molecular weight excluding hydrogens is 300 g/mol. The average Bonchev–Trinajstić information content (AvgIpc) is 2.47. The van der Waals surface area contributed by atoms with E-state index in [1.54, 1.807) is 0 Å². The minimum Gasteiger partial charge on any atom is -0.485 e. The van der Waals surface area contributed by atoms with Gasteiger partial charge >= 0.3 is 0 Å². The van der Waals surface area contributed by atoms with Crippen molar-refractivity contribution in [1.82, 2.24) is 0 Å². The number of hydrogen-bond donors (Lipinski definition) is 0. The van der Waals surface area contributed by atoms with Gasteiger partial charge in [0.1, 0.15) is 23.5 Å². The van der Waals surface area contributed by atoms with Gasteiger partial charge in [-0.05, 0) is 30.3 Å². The Morgan fingerprint density at radius 3 is 2.67 bits per heavy atom. The SMILES string of the molecule is N#Cc1ccc(OCC(=O)c2cc(F)ccc2F)cc1Cl. The molecule has 2 rings (SSSR count). The Kier molecular flexibility index (Phi) is 4.51. The summed E-state index contributed by atoms with van der Waals surface area (Å²) in [6.07, 6.45) is 0. The van der Waals surface area contributed by atoms with Crippen LogP contribution in [-0.2, 0) is 0 Å². The lowest BCUT2D eigenvalue weighted by atomic mass is 10.1. The molecule has 3 nitrogen and oxygen atoms in total. The molecule has 0 aliphatic rings. The Morgan fingerprint density at radius 1 is 1.24 bits per heavy atom. The van der Waals surface area contributed by atoms with Crippen LogP contribution in [0.5, 0.6) is 5.75 Å². The number of Topliss-reactive ketones (excluding diaryl/α,β-unsaturated/α-hetero) is 1. The molecule has 0 atom stereocenters. The number of carbonyl (C=O) groups excluding carboxylic acids is 1. The van der Waals surface area contributed by atoms with Crippen LogP contribution in [0, 0.1) is 23.0 Å². The minimum absolute atomic E-state index is 0.180. The molecule has 0 spiro atoms. The molecule has 0 saturated heterocycles. The van der Waals surface area contributed by atoms with Gasteiger partial charge in [0.15, 0.2) is 6.61 Å². The van der Waals surface area contributed by atoms with Crippen LogP contribution in [-0.4, -0.2) is 12.4 Å². The number of nitriles is 1. The van der Waals surface area contributed by atoms with E-state index in [2.05, 4.69) is 0 Å². The first-order valence-corrected chi connectivity index (χ1v) is 6.20.